The third-order valence-corrected chi connectivity index (χ3v) is 3.74. The van der Waals surface area contributed by atoms with Gasteiger partial charge in [0.25, 0.3) is 0 Å². The molecule has 0 fully saturated rings. The Labute approximate surface area is 102 Å². The lowest BCUT2D eigenvalue weighted by Gasteiger charge is -2.17. The van der Waals surface area contributed by atoms with Crippen LogP contribution in [-0.2, 0) is 14.8 Å². The molecular weight excluding hydrogens is 240 g/mol. The zero-order valence-corrected chi connectivity index (χ0v) is 11.0. The highest BCUT2D eigenvalue weighted by Crippen LogP contribution is 2.20. The summed E-state index contributed by atoms with van der Waals surface area (Å²) in [5.41, 5.74) is 0.575. The molecule has 6 heteroatoms. The summed E-state index contributed by atoms with van der Waals surface area (Å²) in [5.74, 6) is 0. The molecule has 0 aliphatic rings. The number of methoxy groups -OCH3 is 1. The van der Waals surface area contributed by atoms with Crippen LogP contribution in [0.1, 0.15) is 6.92 Å². The summed E-state index contributed by atoms with van der Waals surface area (Å²) in [6.45, 7) is 2.43. The van der Waals surface area contributed by atoms with Crippen molar-refractivity contribution in [3.05, 3.63) is 24.3 Å². The summed E-state index contributed by atoms with van der Waals surface area (Å²) in [5, 5.41) is 3.11. The third-order valence-electron chi connectivity index (χ3n) is 2.26. The van der Waals surface area contributed by atoms with E-state index in [1.807, 2.05) is 6.92 Å². The average molecular weight is 258 g/mol. The van der Waals surface area contributed by atoms with Crippen molar-refractivity contribution in [1.82, 2.24) is 4.72 Å². The smallest absolute Gasteiger partial charge is 0.242 e. The van der Waals surface area contributed by atoms with Crippen LogP contribution in [0.25, 0.3) is 0 Å². The number of benzene rings is 1. The van der Waals surface area contributed by atoms with Gasteiger partial charge >= 0.3 is 0 Å². The Morgan fingerprint density at radius 2 is 2.00 bits per heavy atom. The van der Waals surface area contributed by atoms with Gasteiger partial charge in [-0.25, -0.2) is 13.1 Å². The normalized spacial score (nSPS) is 13.4. The van der Waals surface area contributed by atoms with Crippen molar-refractivity contribution in [1.29, 1.82) is 0 Å². The molecule has 1 rings (SSSR count). The summed E-state index contributed by atoms with van der Waals surface area (Å²) in [7, 11) is -0.444. The van der Waals surface area contributed by atoms with Gasteiger partial charge in [-0.05, 0) is 26.1 Å². The van der Waals surface area contributed by atoms with Crippen molar-refractivity contribution in [2.45, 2.75) is 17.9 Å². The Morgan fingerprint density at radius 1 is 1.35 bits per heavy atom. The predicted octanol–water partition coefficient (Wildman–Crippen LogP) is 1.04. The van der Waals surface area contributed by atoms with Gasteiger partial charge in [-0.3, -0.25) is 0 Å². The molecule has 0 aromatic heterocycles. The van der Waals surface area contributed by atoms with Crippen molar-refractivity contribution in [3.8, 4) is 0 Å². The standard InChI is InChI=1S/C11H18N2O3S/c1-9(8-16-3)13-10-6-4-5-7-11(10)17(14,15)12-2/h4-7,9,12-13H,8H2,1-3H3. The van der Waals surface area contributed by atoms with Gasteiger partial charge in [0.1, 0.15) is 4.90 Å². The lowest BCUT2D eigenvalue weighted by molar-refractivity contribution is 0.190. The monoisotopic (exact) mass is 258 g/mol. The van der Waals surface area contributed by atoms with E-state index in [0.29, 0.717) is 12.3 Å². The van der Waals surface area contributed by atoms with Gasteiger partial charge < -0.3 is 10.1 Å². The van der Waals surface area contributed by atoms with Gasteiger partial charge in [0.05, 0.1) is 12.3 Å². The van der Waals surface area contributed by atoms with E-state index in [2.05, 4.69) is 10.0 Å². The molecule has 5 nitrogen and oxygen atoms in total. The van der Waals surface area contributed by atoms with Gasteiger partial charge in [-0.2, -0.15) is 0 Å². The molecule has 1 aromatic rings. The van der Waals surface area contributed by atoms with E-state index >= 15 is 0 Å². The van der Waals surface area contributed by atoms with Crippen molar-refractivity contribution < 1.29 is 13.2 Å². The van der Waals surface area contributed by atoms with Crippen LogP contribution >= 0.6 is 0 Å². The zero-order valence-electron chi connectivity index (χ0n) is 10.2. The van der Waals surface area contributed by atoms with Crippen molar-refractivity contribution in [2.24, 2.45) is 0 Å². The Balaban J connectivity index is 3.01. The SMILES string of the molecule is CNS(=O)(=O)c1ccccc1NC(C)COC. The average Bonchev–Trinajstić information content (AvgIpc) is 2.30. The summed E-state index contributed by atoms with van der Waals surface area (Å²) in [6, 6.07) is 6.81. The fourth-order valence-corrected chi connectivity index (χ4v) is 2.38. The maximum Gasteiger partial charge on any atom is 0.242 e. The largest absolute Gasteiger partial charge is 0.383 e. The fourth-order valence-electron chi connectivity index (χ4n) is 1.49. The lowest BCUT2D eigenvalue weighted by atomic mass is 10.3. The highest BCUT2D eigenvalue weighted by molar-refractivity contribution is 7.89. The highest BCUT2D eigenvalue weighted by Gasteiger charge is 2.16. The van der Waals surface area contributed by atoms with E-state index in [9.17, 15) is 8.42 Å². The number of hydrogen-bond donors (Lipinski definition) is 2. The molecule has 0 radical (unpaired) electrons. The molecule has 0 spiro atoms. The minimum absolute atomic E-state index is 0.0354. The highest BCUT2D eigenvalue weighted by atomic mass is 32.2. The molecule has 0 saturated heterocycles. The van der Waals surface area contributed by atoms with Crippen LogP contribution in [0.15, 0.2) is 29.2 Å². The van der Waals surface area contributed by atoms with Crippen LogP contribution < -0.4 is 10.0 Å². The molecule has 0 amide bonds. The maximum atomic E-state index is 11.8. The lowest BCUT2D eigenvalue weighted by Crippen LogP contribution is -2.24. The number of sulfonamides is 1. The zero-order chi connectivity index (χ0) is 12.9. The first-order chi connectivity index (χ1) is 8.01. The molecule has 1 atom stereocenters. The van der Waals surface area contributed by atoms with Gasteiger partial charge in [-0.1, -0.05) is 12.1 Å². The first-order valence-corrected chi connectivity index (χ1v) is 6.77. The van der Waals surface area contributed by atoms with Crippen molar-refractivity contribution in [3.63, 3.8) is 0 Å². The summed E-state index contributed by atoms with van der Waals surface area (Å²) < 4.78 is 30.9. The molecule has 0 bridgehead atoms. The second-order valence-electron chi connectivity index (χ2n) is 3.70. The van der Waals surface area contributed by atoms with E-state index in [4.69, 9.17) is 4.74 Å². The predicted molar refractivity (Wildman–Crippen MR) is 67.6 cm³/mol. The molecule has 17 heavy (non-hydrogen) atoms. The van der Waals surface area contributed by atoms with E-state index in [1.54, 1.807) is 31.4 Å². The van der Waals surface area contributed by atoms with Gasteiger partial charge in [0, 0.05) is 13.2 Å². The molecule has 0 saturated carbocycles. The third kappa shape index (κ3) is 3.69. The molecule has 96 valence electrons. The second-order valence-corrected chi connectivity index (χ2v) is 5.56. The van der Waals surface area contributed by atoms with Crippen LogP contribution in [0, 0.1) is 0 Å². The first-order valence-electron chi connectivity index (χ1n) is 5.29. The number of anilines is 1. The summed E-state index contributed by atoms with van der Waals surface area (Å²) >= 11 is 0. The Bertz CT molecular complexity index is 460. The Hall–Kier alpha value is -1.11. The second kappa shape index (κ2) is 6.00. The molecule has 1 unspecified atom stereocenters. The molecule has 0 heterocycles. The van der Waals surface area contributed by atoms with E-state index < -0.39 is 10.0 Å². The number of para-hydroxylation sites is 1. The van der Waals surface area contributed by atoms with E-state index in [0.717, 1.165) is 0 Å². The minimum atomic E-state index is -3.44. The number of rotatable bonds is 6. The maximum absolute atomic E-state index is 11.8. The van der Waals surface area contributed by atoms with Gasteiger partial charge in [0.15, 0.2) is 0 Å². The van der Waals surface area contributed by atoms with E-state index in [-0.39, 0.29) is 10.9 Å². The van der Waals surface area contributed by atoms with Gasteiger partial charge in [0.2, 0.25) is 10.0 Å². The number of hydrogen-bond acceptors (Lipinski definition) is 4. The molecule has 1 aromatic carbocycles. The van der Waals surface area contributed by atoms with Crippen molar-refractivity contribution in [2.75, 3.05) is 26.1 Å². The summed E-state index contributed by atoms with van der Waals surface area (Å²) in [4.78, 5) is 0.241. The topological polar surface area (TPSA) is 67.4 Å². The van der Waals surface area contributed by atoms with Crippen LogP contribution in [0.5, 0.6) is 0 Å². The van der Waals surface area contributed by atoms with Crippen LogP contribution in [0.4, 0.5) is 5.69 Å². The van der Waals surface area contributed by atoms with Crippen molar-refractivity contribution >= 4 is 15.7 Å². The number of nitrogens with one attached hydrogen (secondary N) is 2. The van der Waals surface area contributed by atoms with Crippen LogP contribution in [-0.4, -0.2) is 35.2 Å². The first kappa shape index (κ1) is 14.0. The molecule has 0 aliphatic carbocycles. The molecule has 0 aliphatic heterocycles. The Morgan fingerprint density at radius 3 is 2.59 bits per heavy atom. The molecular formula is C11H18N2O3S. The number of ether oxygens (including phenoxy) is 1. The minimum Gasteiger partial charge on any atom is -0.383 e. The van der Waals surface area contributed by atoms with Crippen LogP contribution in [0.2, 0.25) is 0 Å². The van der Waals surface area contributed by atoms with Crippen LogP contribution in [0.3, 0.4) is 0 Å². The Kier molecular flexibility index (Phi) is 4.92. The van der Waals surface area contributed by atoms with E-state index in [1.165, 1.54) is 7.05 Å². The molecule has 2 N–H and O–H groups in total. The quantitative estimate of drug-likeness (QED) is 0.800. The summed E-state index contributed by atoms with van der Waals surface area (Å²) in [6.07, 6.45) is 0. The fraction of sp³-hybridized carbons (Fsp3) is 0.455. The van der Waals surface area contributed by atoms with Gasteiger partial charge in [-0.15, -0.1) is 0 Å².